The summed E-state index contributed by atoms with van der Waals surface area (Å²) in [6.07, 6.45) is 3.82. The van der Waals surface area contributed by atoms with E-state index in [1.54, 1.807) is 0 Å². The summed E-state index contributed by atoms with van der Waals surface area (Å²) in [4.78, 5) is 10.9. The van der Waals surface area contributed by atoms with Crippen molar-refractivity contribution in [3.8, 4) is 0 Å². The zero-order valence-corrected chi connectivity index (χ0v) is 10.1. The molecular weight excluding hydrogens is 226 g/mol. The van der Waals surface area contributed by atoms with Crippen LogP contribution < -0.4 is 0 Å². The molecule has 1 aliphatic rings. The first-order valence-corrected chi connectivity index (χ1v) is 6.18. The van der Waals surface area contributed by atoms with Crippen LogP contribution >= 0.6 is 0 Å². The molecule has 0 bridgehead atoms. The number of rotatable bonds is 3. The van der Waals surface area contributed by atoms with Crippen molar-refractivity contribution in [2.24, 2.45) is 0 Å². The second-order valence-electron chi connectivity index (χ2n) is 4.51. The minimum atomic E-state index is 0.0426. The van der Waals surface area contributed by atoms with E-state index in [0.717, 1.165) is 19.3 Å². The zero-order chi connectivity index (χ0) is 12.4. The van der Waals surface area contributed by atoms with E-state index in [1.165, 1.54) is 11.1 Å². The Bertz CT molecular complexity index is 559. The Morgan fingerprint density at radius 2 is 2.17 bits per heavy atom. The number of carbonyl (C=O) groups excluding carboxylic acids is 1. The highest BCUT2D eigenvalue weighted by Crippen LogP contribution is 2.28. The summed E-state index contributed by atoms with van der Waals surface area (Å²) in [6.45, 7) is 1.44. The molecule has 3 rings (SSSR count). The number of carbonyl (C=O) groups is 1. The van der Waals surface area contributed by atoms with Crippen molar-refractivity contribution in [2.75, 3.05) is 6.61 Å². The largest absolute Gasteiger partial charge is 0.371 e. The number of benzene rings is 1. The van der Waals surface area contributed by atoms with Gasteiger partial charge in [0.2, 0.25) is 0 Å². The lowest BCUT2D eigenvalue weighted by molar-refractivity contribution is 0.0303. The molecule has 18 heavy (non-hydrogen) atoms. The molecule has 1 aliphatic heterocycles. The van der Waals surface area contributed by atoms with Crippen LogP contribution in [-0.2, 0) is 17.7 Å². The molecule has 0 aliphatic carbocycles. The lowest BCUT2D eigenvalue weighted by Gasteiger charge is -2.26. The molecule has 1 aromatic heterocycles. The van der Waals surface area contributed by atoms with Crippen LogP contribution in [0.3, 0.4) is 0 Å². The molecule has 1 unspecified atom stereocenters. The molecule has 2 heterocycles. The van der Waals surface area contributed by atoms with Gasteiger partial charge < -0.3 is 9.30 Å². The number of aldehydes is 1. The highest BCUT2D eigenvalue weighted by atomic mass is 16.5. The topological polar surface area (TPSA) is 31.2 Å². The predicted octanol–water partition coefficient (Wildman–Crippen LogP) is 2.61. The van der Waals surface area contributed by atoms with Crippen LogP contribution in [0, 0.1) is 0 Å². The molecule has 0 N–H and O–H groups in total. The van der Waals surface area contributed by atoms with Gasteiger partial charge in [-0.2, -0.15) is 0 Å². The predicted molar refractivity (Wildman–Crippen MR) is 68.7 cm³/mol. The van der Waals surface area contributed by atoms with Crippen molar-refractivity contribution in [2.45, 2.75) is 19.1 Å². The Morgan fingerprint density at radius 1 is 1.28 bits per heavy atom. The van der Waals surface area contributed by atoms with E-state index >= 15 is 0 Å². The first-order chi connectivity index (χ1) is 8.88. The minimum Gasteiger partial charge on any atom is -0.371 e. The molecule has 0 saturated heterocycles. The number of hydrogen-bond donors (Lipinski definition) is 0. The van der Waals surface area contributed by atoms with Crippen LogP contribution in [0.2, 0.25) is 0 Å². The summed E-state index contributed by atoms with van der Waals surface area (Å²) >= 11 is 0. The van der Waals surface area contributed by atoms with E-state index in [-0.39, 0.29) is 6.10 Å². The van der Waals surface area contributed by atoms with Crippen molar-refractivity contribution < 1.29 is 9.53 Å². The summed E-state index contributed by atoms with van der Waals surface area (Å²) in [7, 11) is 0. The zero-order valence-electron chi connectivity index (χ0n) is 10.1. The Balaban J connectivity index is 1.88. The van der Waals surface area contributed by atoms with Crippen molar-refractivity contribution in [3.63, 3.8) is 0 Å². The van der Waals surface area contributed by atoms with Gasteiger partial charge in [-0.25, -0.2) is 0 Å². The van der Waals surface area contributed by atoms with E-state index in [1.807, 2.05) is 29.0 Å². The van der Waals surface area contributed by atoms with E-state index in [0.29, 0.717) is 12.2 Å². The second kappa shape index (κ2) is 4.78. The van der Waals surface area contributed by atoms with Gasteiger partial charge in [0.25, 0.3) is 0 Å². The van der Waals surface area contributed by atoms with Gasteiger partial charge in [-0.05, 0) is 29.7 Å². The number of nitrogens with zero attached hydrogens (tertiary/aromatic N) is 1. The highest BCUT2D eigenvalue weighted by molar-refractivity contribution is 5.72. The standard InChI is InChI=1S/C15H15NO2/c17-11-13-5-3-8-16(13)10-15-14-6-2-1-4-12(14)7-9-18-15/h1-6,8,11,15H,7,9-10H2. The normalized spacial score (nSPS) is 18.3. The number of ether oxygens (including phenoxy) is 1. The molecule has 0 amide bonds. The average molecular weight is 241 g/mol. The molecule has 0 saturated carbocycles. The van der Waals surface area contributed by atoms with Gasteiger partial charge in [-0.3, -0.25) is 4.79 Å². The molecular formula is C15H15NO2. The van der Waals surface area contributed by atoms with E-state index in [4.69, 9.17) is 4.74 Å². The molecule has 1 atom stereocenters. The van der Waals surface area contributed by atoms with Gasteiger partial charge in [-0.15, -0.1) is 0 Å². The van der Waals surface area contributed by atoms with Crippen LogP contribution in [0.5, 0.6) is 0 Å². The lowest BCUT2D eigenvalue weighted by atomic mass is 9.97. The monoisotopic (exact) mass is 241 g/mol. The summed E-state index contributed by atoms with van der Waals surface area (Å²) in [5, 5.41) is 0. The van der Waals surface area contributed by atoms with Crippen molar-refractivity contribution in [1.82, 2.24) is 4.57 Å². The molecule has 0 radical (unpaired) electrons. The van der Waals surface area contributed by atoms with E-state index in [9.17, 15) is 4.79 Å². The number of fused-ring (bicyclic) bond motifs is 1. The van der Waals surface area contributed by atoms with Crippen molar-refractivity contribution in [1.29, 1.82) is 0 Å². The average Bonchev–Trinajstić information content (AvgIpc) is 2.86. The SMILES string of the molecule is O=Cc1cccn1CC1OCCc2ccccc21. The van der Waals surface area contributed by atoms with E-state index < -0.39 is 0 Å². The Labute approximate surface area is 106 Å². The van der Waals surface area contributed by atoms with E-state index in [2.05, 4.69) is 18.2 Å². The maximum absolute atomic E-state index is 10.9. The van der Waals surface area contributed by atoms with Gasteiger partial charge in [0.05, 0.1) is 18.8 Å². The minimum absolute atomic E-state index is 0.0426. The van der Waals surface area contributed by atoms with Gasteiger partial charge in [-0.1, -0.05) is 24.3 Å². The highest BCUT2D eigenvalue weighted by Gasteiger charge is 2.21. The number of aromatic nitrogens is 1. The van der Waals surface area contributed by atoms with Crippen LogP contribution in [0.1, 0.15) is 27.7 Å². The number of hydrogen-bond acceptors (Lipinski definition) is 2. The summed E-state index contributed by atoms with van der Waals surface area (Å²) in [6, 6.07) is 12.1. The third kappa shape index (κ3) is 1.97. The van der Waals surface area contributed by atoms with Crippen molar-refractivity contribution in [3.05, 3.63) is 59.4 Å². The van der Waals surface area contributed by atoms with Crippen LogP contribution in [0.4, 0.5) is 0 Å². The summed E-state index contributed by atoms with van der Waals surface area (Å²) in [5.74, 6) is 0. The van der Waals surface area contributed by atoms with Gasteiger partial charge >= 0.3 is 0 Å². The molecule has 0 spiro atoms. The van der Waals surface area contributed by atoms with Crippen molar-refractivity contribution >= 4 is 6.29 Å². The van der Waals surface area contributed by atoms with Crippen LogP contribution in [-0.4, -0.2) is 17.5 Å². The lowest BCUT2D eigenvalue weighted by Crippen LogP contribution is -2.21. The Hall–Kier alpha value is -1.87. The van der Waals surface area contributed by atoms with Crippen LogP contribution in [0.25, 0.3) is 0 Å². The van der Waals surface area contributed by atoms with Gasteiger partial charge in [0.1, 0.15) is 6.10 Å². The molecule has 92 valence electrons. The van der Waals surface area contributed by atoms with Gasteiger partial charge in [0, 0.05) is 6.20 Å². The Kier molecular flexibility index (Phi) is 2.99. The molecule has 1 aromatic carbocycles. The molecule has 0 fully saturated rings. The fourth-order valence-corrected chi connectivity index (χ4v) is 2.51. The quantitative estimate of drug-likeness (QED) is 0.773. The Morgan fingerprint density at radius 3 is 3.06 bits per heavy atom. The maximum Gasteiger partial charge on any atom is 0.166 e. The van der Waals surface area contributed by atoms with Crippen LogP contribution in [0.15, 0.2) is 42.6 Å². The molecule has 3 heteroatoms. The molecule has 2 aromatic rings. The summed E-state index contributed by atoms with van der Waals surface area (Å²) < 4.78 is 7.78. The third-order valence-electron chi connectivity index (χ3n) is 3.44. The third-order valence-corrected chi connectivity index (χ3v) is 3.44. The fraction of sp³-hybridized carbons (Fsp3) is 0.267. The maximum atomic E-state index is 10.9. The molecule has 3 nitrogen and oxygen atoms in total. The second-order valence-corrected chi connectivity index (χ2v) is 4.51. The van der Waals surface area contributed by atoms with Gasteiger partial charge in [0.15, 0.2) is 6.29 Å². The smallest absolute Gasteiger partial charge is 0.166 e. The summed E-state index contributed by atoms with van der Waals surface area (Å²) in [5.41, 5.74) is 3.30. The first kappa shape index (κ1) is 11.2. The fourth-order valence-electron chi connectivity index (χ4n) is 2.51. The first-order valence-electron chi connectivity index (χ1n) is 6.18.